The third kappa shape index (κ3) is 5.88. The summed E-state index contributed by atoms with van der Waals surface area (Å²) in [7, 11) is -3.60. The van der Waals surface area contributed by atoms with Crippen molar-refractivity contribution in [3.8, 4) is 0 Å². The van der Waals surface area contributed by atoms with Gasteiger partial charge in [-0.15, -0.1) is 11.3 Å². The zero-order chi connectivity index (χ0) is 20.2. The van der Waals surface area contributed by atoms with Gasteiger partial charge in [0.15, 0.2) is 6.10 Å². The summed E-state index contributed by atoms with van der Waals surface area (Å²) in [5, 5.41) is 2.60. The Hall–Kier alpha value is -2.23. The Labute approximate surface area is 162 Å². The first-order valence-corrected chi connectivity index (χ1v) is 10.6. The van der Waals surface area contributed by atoms with Crippen molar-refractivity contribution in [2.45, 2.75) is 44.7 Å². The Morgan fingerprint density at radius 1 is 1.04 bits per heavy atom. The van der Waals surface area contributed by atoms with E-state index in [2.05, 4.69) is 10.0 Å². The fraction of sp³-hybridized carbons (Fsp3) is 0.333. The monoisotopic (exact) mass is 410 g/mol. The highest BCUT2D eigenvalue weighted by Gasteiger charge is 2.20. The number of thiophene rings is 1. The van der Waals surface area contributed by atoms with E-state index in [1.807, 2.05) is 6.92 Å². The molecule has 7 nitrogen and oxygen atoms in total. The largest absolute Gasteiger partial charge is 0.448 e. The van der Waals surface area contributed by atoms with E-state index in [0.29, 0.717) is 10.6 Å². The fourth-order valence-corrected chi connectivity index (χ4v) is 4.16. The summed E-state index contributed by atoms with van der Waals surface area (Å²) in [6.45, 7) is 6.80. The van der Waals surface area contributed by atoms with Crippen LogP contribution in [0.3, 0.4) is 0 Å². The summed E-state index contributed by atoms with van der Waals surface area (Å²) in [4.78, 5) is 25.7. The molecule has 0 saturated heterocycles. The van der Waals surface area contributed by atoms with E-state index in [4.69, 9.17) is 4.74 Å². The highest BCUT2D eigenvalue weighted by molar-refractivity contribution is 7.89. The van der Waals surface area contributed by atoms with Crippen LogP contribution in [0.2, 0.25) is 0 Å². The number of anilines is 1. The predicted molar refractivity (Wildman–Crippen MR) is 104 cm³/mol. The quantitative estimate of drug-likeness (QED) is 0.684. The van der Waals surface area contributed by atoms with Crippen LogP contribution in [-0.2, 0) is 19.6 Å². The third-order valence-corrected chi connectivity index (χ3v) is 6.07. The number of sulfonamides is 1. The van der Waals surface area contributed by atoms with Crippen molar-refractivity contribution in [2.24, 2.45) is 0 Å². The molecule has 2 rings (SSSR count). The summed E-state index contributed by atoms with van der Waals surface area (Å²) in [6, 6.07) is 8.97. The molecule has 0 aliphatic rings. The molecule has 1 heterocycles. The van der Waals surface area contributed by atoms with Crippen LogP contribution in [0.5, 0.6) is 0 Å². The van der Waals surface area contributed by atoms with Crippen LogP contribution in [0, 0.1) is 6.92 Å². The van der Waals surface area contributed by atoms with Gasteiger partial charge in [-0.1, -0.05) is 0 Å². The molecule has 0 saturated carbocycles. The molecule has 0 aliphatic carbocycles. The van der Waals surface area contributed by atoms with Crippen molar-refractivity contribution in [3.05, 3.63) is 46.2 Å². The van der Waals surface area contributed by atoms with E-state index in [1.54, 1.807) is 26.0 Å². The van der Waals surface area contributed by atoms with Crippen molar-refractivity contribution in [1.82, 2.24) is 4.72 Å². The first-order chi connectivity index (χ1) is 12.6. The van der Waals surface area contributed by atoms with Gasteiger partial charge in [-0.2, -0.15) is 0 Å². The fourth-order valence-electron chi connectivity index (χ4n) is 2.16. The number of amides is 1. The molecule has 1 aromatic heterocycles. The molecule has 1 aromatic carbocycles. The predicted octanol–water partition coefficient (Wildman–Crippen LogP) is 2.93. The van der Waals surface area contributed by atoms with Crippen molar-refractivity contribution in [1.29, 1.82) is 0 Å². The third-order valence-electron chi connectivity index (χ3n) is 3.42. The number of carbonyl (C=O) groups excluding carboxylic acids is 2. The maximum absolute atomic E-state index is 12.2. The van der Waals surface area contributed by atoms with Gasteiger partial charge in [-0.05, 0) is 64.1 Å². The van der Waals surface area contributed by atoms with Crippen LogP contribution in [0.25, 0.3) is 0 Å². The van der Waals surface area contributed by atoms with Crippen LogP contribution in [0.1, 0.15) is 35.3 Å². The molecule has 0 fully saturated rings. The lowest BCUT2D eigenvalue weighted by Gasteiger charge is -2.14. The second kappa shape index (κ2) is 8.64. The van der Waals surface area contributed by atoms with Gasteiger partial charge in [0.05, 0.1) is 4.90 Å². The molecule has 0 spiro atoms. The molecule has 1 amide bonds. The molecule has 0 radical (unpaired) electrons. The van der Waals surface area contributed by atoms with Gasteiger partial charge < -0.3 is 10.1 Å². The molecule has 0 aliphatic heterocycles. The molecule has 1 atom stereocenters. The highest BCUT2D eigenvalue weighted by atomic mass is 32.2. The van der Waals surface area contributed by atoms with Crippen molar-refractivity contribution >= 4 is 38.9 Å². The number of rotatable bonds is 7. The average Bonchev–Trinajstić information content (AvgIpc) is 3.00. The Kier molecular flexibility index (Phi) is 6.74. The second-order valence-corrected chi connectivity index (χ2v) is 9.25. The van der Waals surface area contributed by atoms with Crippen molar-refractivity contribution < 1.29 is 22.7 Å². The lowest BCUT2D eigenvalue weighted by atomic mass is 10.3. The van der Waals surface area contributed by atoms with Crippen LogP contribution in [0.15, 0.2) is 41.3 Å². The molecule has 27 heavy (non-hydrogen) atoms. The number of benzene rings is 1. The Balaban J connectivity index is 1.98. The van der Waals surface area contributed by atoms with E-state index in [9.17, 15) is 18.0 Å². The van der Waals surface area contributed by atoms with Crippen LogP contribution in [0.4, 0.5) is 5.69 Å². The molecule has 2 aromatic rings. The highest BCUT2D eigenvalue weighted by Crippen LogP contribution is 2.18. The van der Waals surface area contributed by atoms with E-state index in [0.717, 1.165) is 4.88 Å². The zero-order valence-electron chi connectivity index (χ0n) is 15.5. The first-order valence-electron chi connectivity index (χ1n) is 8.29. The first kappa shape index (κ1) is 21.1. The second-order valence-electron chi connectivity index (χ2n) is 6.25. The number of nitrogens with one attached hydrogen (secondary N) is 2. The number of carbonyl (C=O) groups is 2. The minimum Gasteiger partial charge on any atom is -0.448 e. The minimum absolute atomic E-state index is 0.0988. The topological polar surface area (TPSA) is 102 Å². The van der Waals surface area contributed by atoms with E-state index in [1.165, 1.54) is 42.5 Å². The van der Waals surface area contributed by atoms with Gasteiger partial charge in [-0.25, -0.2) is 17.9 Å². The summed E-state index contributed by atoms with van der Waals surface area (Å²) in [6.07, 6.45) is -0.995. The van der Waals surface area contributed by atoms with E-state index in [-0.39, 0.29) is 10.9 Å². The molecule has 0 bridgehead atoms. The summed E-state index contributed by atoms with van der Waals surface area (Å²) < 4.78 is 31.8. The van der Waals surface area contributed by atoms with Crippen LogP contribution < -0.4 is 10.0 Å². The van der Waals surface area contributed by atoms with E-state index < -0.39 is 28.0 Å². The lowest BCUT2D eigenvalue weighted by molar-refractivity contribution is -0.123. The molecule has 2 N–H and O–H groups in total. The summed E-state index contributed by atoms with van der Waals surface area (Å²) in [5.74, 6) is -1.07. The Bertz CT molecular complexity index is 917. The maximum atomic E-state index is 12.2. The smallest absolute Gasteiger partial charge is 0.349 e. The maximum Gasteiger partial charge on any atom is 0.349 e. The number of aryl methyl sites for hydroxylation is 1. The van der Waals surface area contributed by atoms with Gasteiger partial charge in [0.25, 0.3) is 5.91 Å². The number of ether oxygens (including phenoxy) is 1. The zero-order valence-corrected chi connectivity index (χ0v) is 17.1. The normalized spacial score (nSPS) is 12.6. The SMILES string of the molecule is Cc1ccc(C(=O)OC(C)C(=O)Nc2ccc(S(=O)(=O)NC(C)C)cc2)s1. The standard InChI is InChI=1S/C18H22N2O5S2/c1-11(2)20-27(23,24)15-8-6-14(7-9-15)19-17(21)13(4)25-18(22)16-10-5-12(3)26-16/h5-11,13,20H,1-4H3,(H,19,21). The van der Waals surface area contributed by atoms with E-state index >= 15 is 0 Å². The van der Waals surface area contributed by atoms with Gasteiger partial charge in [-0.3, -0.25) is 4.79 Å². The van der Waals surface area contributed by atoms with Gasteiger partial charge in [0.2, 0.25) is 10.0 Å². The van der Waals surface area contributed by atoms with Gasteiger partial charge in [0, 0.05) is 16.6 Å². The molecule has 1 unspecified atom stereocenters. The summed E-state index contributed by atoms with van der Waals surface area (Å²) >= 11 is 1.29. The lowest BCUT2D eigenvalue weighted by Crippen LogP contribution is -2.30. The van der Waals surface area contributed by atoms with Crippen LogP contribution >= 0.6 is 11.3 Å². The minimum atomic E-state index is -3.60. The molecule has 146 valence electrons. The molecular weight excluding hydrogens is 388 g/mol. The Morgan fingerprint density at radius 3 is 2.19 bits per heavy atom. The van der Waals surface area contributed by atoms with Gasteiger partial charge in [0.1, 0.15) is 4.88 Å². The molecule has 9 heteroatoms. The average molecular weight is 411 g/mol. The molecular formula is C18H22N2O5S2. The summed E-state index contributed by atoms with van der Waals surface area (Å²) in [5.41, 5.74) is 0.401. The number of hydrogen-bond donors (Lipinski definition) is 2. The number of esters is 1. The van der Waals surface area contributed by atoms with Crippen molar-refractivity contribution in [2.75, 3.05) is 5.32 Å². The van der Waals surface area contributed by atoms with Crippen LogP contribution in [-0.4, -0.2) is 32.4 Å². The Morgan fingerprint density at radius 2 is 1.67 bits per heavy atom. The van der Waals surface area contributed by atoms with Gasteiger partial charge >= 0.3 is 5.97 Å². The van der Waals surface area contributed by atoms with Crippen molar-refractivity contribution in [3.63, 3.8) is 0 Å². The number of hydrogen-bond acceptors (Lipinski definition) is 6.